The van der Waals surface area contributed by atoms with Crippen LogP contribution in [-0.4, -0.2) is 36.6 Å². The maximum Gasteiger partial charge on any atom is 0.356 e. The number of benzene rings is 1. The van der Waals surface area contributed by atoms with Crippen LogP contribution in [0.4, 0.5) is 0 Å². The maximum atomic E-state index is 11.8. The average Bonchev–Trinajstić information content (AvgIpc) is 2.96. The van der Waals surface area contributed by atoms with Crippen molar-refractivity contribution >= 4 is 23.9 Å². The first-order chi connectivity index (χ1) is 12.5. The second-order valence-corrected chi connectivity index (χ2v) is 5.79. The highest BCUT2D eigenvalue weighted by Gasteiger charge is 2.32. The van der Waals surface area contributed by atoms with E-state index in [1.807, 2.05) is 0 Å². The van der Waals surface area contributed by atoms with Crippen LogP contribution in [0, 0.1) is 0 Å². The van der Waals surface area contributed by atoms with Crippen LogP contribution < -0.4 is 9.47 Å². The predicted octanol–water partition coefficient (Wildman–Crippen LogP) is 2.88. The van der Waals surface area contributed by atoms with Gasteiger partial charge in [-0.25, -0.2) is 4.79 Å². The van der Waals surface area contributed by atoms with E-state index in [0.717, 1.165) is 25.3 Å². The van der Waals surface area contributed by atoms with Crippen LogP contribution in [0.25, 0.3) is 6.08 Å². The Labute approximate surface area is 152 Å². The minimum Gasteiger partial charge on any atom is -0.493 e. The summed E-state index contributed by atoms with van der Waals surface area (Å²) in [5, 5.41) is 0.514. The Hall–Kier alpha value is -2.83. The SMILES string of the molecule is CCCCCOc1ccc(/C=C/C(=O)ON2C(=O)CCC2=O)cc1OC. The number of rotatable bonds is 9. The van der Waals surface area contributed by atoms with Crippen LogP contribution >= 0.6 is 0 Å². The predicted molar refractivity (Wildman–Crippen MR) is 94.2 cm³/mol. The van der Waals surface area contributed by atoms with E-state index in [-0.39, 0.29) is 12.8 Å². The molecule has 2 amide bonds. The van der Waals surface area contributed by atoms with Gasteiger partial charge in [0.2, 0.25) is 0 Å². The van der Waals surface area contributed by atoms with E-state index in [0.29, 0.717) is 28.7 Å². The molecular formula is C19H23NO6. The van der Waals surface area contributed by atoms with Crippen molar-refractivity contribution in [1.82, 2.24) is 5.06 Å². The zero-order chi connectivity index (χ0) is 18.9. The summed E-state index contributed by atoms with van der Waals surface area (Å²) in [4.78, 5) is 39.4. The summed E-state index contributed by atoms with van der Waals surface area (Å²) in [6.45, 7) is 2.74. The highest BCUT2D eigenvalue weighted by atomic mass is 16.7. The second kappa shape index (κ2) is 9.60. The summed E-state index contributed by atoms with van der Waals surface area (Å²) in [7, 11) is 1.54. The van der Waals surface area contributed by atoms with E-state index >= 15 is 0 Å². The van der Waals surface area contributed by atoms with E-state index < -0.39 is 17.8 Å². The molecule has 0 saturated carbocycles. The summed E-state index contributed by atoms with van der Waals surface area (Å²) >= 11 is 0. The fraction of sp³-hybridized carbons (Fsp3) is 0.421. The van der Waals surface area contributed by atoms with Crippen molar-refractivity contribution in [2.75, 3.05) is 13.7 Å². The van der Waals surface area contributed by atoms with Crippen molar-refractivity contribution in [3.05, 3.63) is 29.8 Å². The molecule has 1 heterocycles. The van der Waals surface area contributed by atoms with E-state index in [1.165, 1.54) is 6.08 Å². The second-order valence-electron chi connectivity index (χ2n) is 5.79. The first-order valence-corrected chi connectivity index (χ1v) is 8.61. The third kappa shape index (κ3) is 5.34. The molecule has 1 saturated heterocycles. The molecule has 0 bridgehead atoms. The van der Waals surface area contributed by atoms with Gasteiger partial charge in [0.25, 0.3) is 11.8 Å². The molecule has 1 fully saturated rings. The third-order valence-electron chi connectivity index (χ3n) is 3.79. The van der Waals surface area contributed by atoms with Gasteiger partial charge in [0.1, 0.15) is 0 Å². The lowest BCUT2D eigenvalue weighted by Crippen LogP contribution is -2.31. The summed E-state index contributed by atoms with van der Waals surface area (Å²) in [6.07, 6.45) is 5.98. The van der Waals surface area contributed by atoms with E-state index in [4.69, 9.17) is 14.3 Å². The van der Waals surface area contributed by atoms with Gasteiger partial charge in [-0.1, -0.05) is 25.8 Å². The van der Waals surface area contributed by atoms with Crippen molar-refractivity contribution in [3.8, 4) is 11.5 Å². The summed E-state index contributed by atoms with van der Waals surface area (Å²) in [6, 6.07) is 5.27. The largest absolute Gasteiger partial charge is 0.493 e. The Balaban J connectivity index is 1.95. The molecule has 26 heavy (non-hydrogen) atoms. The molecule has 7 heteroatoms. The Kier molecular flexibility index (Phi) is 7.20. The average molecular weight is 361 g/mol. The number of hydroxylamine groups is 2. The number of ether oxygens (including phenoxy) is 2. The first-order valence-electron chi connectivity index (χ1n) is 8.61. The monoisotopic (exact) mass is 361 g/mol. The molecular weight excluding hydrogens is 338 g/mol. The molecule has 0 unspecified atom stereocenters. The van der Waals surface area contributed by atoms with Gasteiger partial charge in [-0.3, -0.25) is 9.59 Å². The molecule has 7 nitrogen and oxygen atoms in total. The number of carbonyl (C=O) groups excluding carboxylic acids is 3. The van der Waals surface area contributed by atoms with Gasteiger partial charge in [0, 0.05) is 18.9 Å². The quantitative estimate of drug-likeness (QED) is 0.382. The molecule has 0 aliphatic carbocycles. The molecule has 0 aromatic heterocycles. The molecule has 0 spiro atoms. The van der Waals surface area contributed by atoms with E-state index in [9.17, 15) is 14.4 Å². The molecule has 1 aliphatic rings. The lowest BCUT2D eigenvalue weighted by atomic mass is 10.2. The summed E-state index contributed by atoms with van der Waals surface area (Å²) in [5.74, 6) is -0.628. The highest BCUT2D eigenvalue weighted by Crippen LogP contribution is 2.28. The smallest absolute Gasteiger partial charge is 0.356 e. The molecule has 1 aromatic carbocycles. The zero-order valence-electron chi connectivity index (χ0n) is 15.0. The van der Waals surface area contributed by atoms with E-state index in [1.54, 1.807) is 25.3 Å². The highest BCUT2D eigenvalue weighted by molar-refractivity contribution is 6.02. The van der Waals surface area contributed by atoms with Gasteiger partial charge in [0.15, 0.2) is 11.5 Å². The van der Waals surface area contributed by atoms with Crippen LogP contribution in [0.1, 0.15) is 44.6 Å². The fourth-order valence-corrected chi connectivity index (χ4v) is 2.38. The lowest BCUT2D eigenvalue weighted by Gasteiger charge is -2.11. The molecule has 0 atom stereocenters. The molecule has 2 rings (SSSR count). The van der Waals surface area contributed by atoms with Crippen molar-refractivity contribution in [3.63, 3.8) is 0 Å². The maximum absolute atomic E-state index is 11.8. The van der Waals surface area contributed by atoms with Crippen molar-refractivity contribution < 1.29 is 28.7 Å². The molecule has 0 N–H and O–H groups in total. The zero-order valence-corrected chi connectivity index (χ0v) is 15.0. The Bertz CT molecular complexity index is 681. The molecule has 0 radical (unpaired) electrons. The first kappa shape index (κ1) is 19.5. The number of hydrogen-bond donors (Lipinski definition) is 0. The van der Waals surface area contributed by atoms with Gasteiger partial charge in [-0.2, -0.15) is 0 Å². The normalized spacial score (nSPS) is 14.2. The van der Waals surface area contributed by atoms with Crippen LogP contribution in [-0.2, 0) is 19.2 Å². The molecule has 140 valence electrons. The van der Waals surface area contributed by atoms with Gasteiger partial charge >= 0.3 is 5.97 Å². The number of imide groups is 1. The minimum absolute atomic E-state index is 0.0622. The summed E-state index contributed by atoms with van der Waals surface area (Å²) < 4.78 is 11.0. The number of amides is 2. The minimum atomic E-state index is -0.799. The Morgan fingerprint density at radius 2 is 1.88 bits per heavy atom. The van der Waals surface area contributed by atoms with Crippen LogP contribution in [0.15, 0.2) is 24.3 Å². The van der Waals surface area contributed by atoms with Crippen molar-refractivity contribution in [1.29, 1.82) is 0 Å². The van der Waals surface area contributed by atoms with Gasteiger partial charge in [-0.15, -0.1) is 5.06 Å². The summed E-state index contributed by atoms with van der Waals surface area (Å²) in [5.41, 5.74) is 0.693. The third-order valence-corrected chi connectivity index (χ3v) is 3.79. The lowest BCUT2D eigenvalue weighted by molar-refractivity contribution is -0.193. The topological polar surface area (TPSA) is 82.1 Å². The van der Waals surface area contributed by atoms with Gasteiger partial charge in [0.05, 0.1) is 13.7 Å². The van der Waals surface area contributed by atoms with Crippen molar-refractivity contribution in [2.24, 2.45) is 0 Å². The van der Waals surface area contributed by atoms with Crippen molar-refractivity contribution in [2.45, 2.75) is 39.0 Å². The van der Waals surface area contributed by atoms with Crippen LogP contribution in [0.2, 0.25) is 0 Å². The van der Waals surface area contributed by atoms with Crippen LogP contribution in [0.3, 0.4) is 0 Å². The van der Waals surface area contributed by atoms with E-state index in [2.05, 4.69) is 6.92 Å². The number of carbonyl (C=O) groups is 3. The molecule has 1 aromatic rings. The Morgan fingerprint density at radius 1 is 1.15 bits per heavy atom. The number of nitrogens with zero attached hydrogens (tertiary/aromatic N) is 1. The number of unbranched alkanes of at least 4 members (excludes halogenated alkanes) is 2. The van der Waals surface area contributed by atoms with Crippen LogP contribution in [0.5, 0.6) is 11.5 Å². The number of hydrogen-bond acceptors (Lipinski definition) is 6. The standard InChI is InChI=1S/C19H23NO6/c1-3-4-5-12-25-15-8-6-14(13-16(15)24-2)7-11-19(23)26-20-17(21)9-10-18(20)22/h6-8,11,13H,3-5,9-10,12H2,1-2H3/b11-7+. The van der Waals surface area contributed by atoms with Gasteiger partial charge < -0.3 is 14.3 Å². The van der Waals surface area contributed by atoms with Gasteiger partial charge in [-0.05, 0) is 30.2 Å². The Morgan fingerprint density at radius 3 is 2.54 bits per heavy atom. The number of methoxy groups -OCH3 is 1. The fourth-order valence-electron chi connectivity index (χ4n) is 2.38. The molecule has 1 aliphatic heterocycles.